The minimum atomic E-state index is -0.416. The number of nitrogens with one attached hydrogen (secondary N) is 1. The van der Waals surface area contributed by atoms with Crippen molar-refractivity contribution in [2.75, 3.05) is 31.1 Å². The number of carbonyl (C=O) groups is 1. The van der Waals surface area contributed by atoms with Crippen LogP contribution in [0.15, 0.2) is 0 Å². The molecule has 0 radical (unpaired) electrons. The predicted octanol–water partition coefficient (Wildman–Crippen LogP) is 2.34. The van der Waals surface area contributed by atoms with E-state index in [0.29, 0.717) is 6.04 Å². The predicted molar refractivity (Wildman–Crippen MR) is 77.2 cm³/mol. The summed E-state index contributed by atoms with van der Waals surface area (Å²) in [5.74, 6) is 2.39. The molecule has 1 aliphatic heterocycles. The van der Waals surface area contributed by atoms with E-state index in [1.165, 1.54) is 11.5 Å². The van der Waals surface area contributed by atoms with E-state index in [1.807, 2.05) is 32.5 Å². The van der Waals surface area contributed by atoms with E-state index in [2.05, 4.69) is 12.2 Å². The SMILES string of the molecule is CCCN(CCNC1CSC1)C(=O)OC(C)(C)C. The number of hydrogen-bond donors (Lipinski definition) is 1. The first-order chi connectivity index (χ1) is 8.42. The van der Waals surface area contributed by atoms with Gasteiger partial charge >= 0.3 is 6.09 Å². The summed E-state index contributed by atoms with van der Waals surface area (Å²) in [7, 11) is 0. The first-order valence-electron chi connectivity index (χ1n) is 6.71. The van der Waals surface area contributed by atoms with Gasteiger partial charge in [-0.25, -0.2) is 4.79 Å². The Morgan fingerprint density at radius 2 is 2.06 bits per heavy atom. The maximum Gasteiger partial charge on any atom is 0.410 e. The van der Waals surface area contributed by atoms with Gasteiger partial charge in [-0.3, -0.25) is 0 Å². The molecule has 1 rings (SSSR count). The Morgan fingerprint density at radius 1 is 1.39 bits per heavy atom. The van der Waals surface area contributed by atoms with Crippen molar-refractivity contribution < 1.29 is 9.53 Å². The molecule has 1 fully saturated rings. The van der Waals surface area contributed by atoms with Crippen LogP contribution in [0, 0.1) is 0 Å². The van der Waals surface area contributed by atoms with Gasteiger partial charge in [0.25, 0.3) is 0 Å². The molecule has 106 valence electrons. The highest BCUT2D eigenvalue weighted by Crippen LogP contribution is 2.16. The van der Waals surface area contributed by atoms with E-state index in [1.54, 1.807) is 4.90 Å². The van der Waals surface area contributed by atoms with E-state index < -0.39 is 5.60 Å². The minimum Gasteiger partial charge on any atom is -0.444 e. The van der Waals surface area contributed by atoms with Gasteiger partial charge in [0.05, 0.1) is 0 Å². The van der Waals surface area contributed by atoms with Crippen LogP contribution in [0.3, 0.4) is 0 Å². The number of carbonyl (C=O) groups excluding carboxylic acids is 1. The van der Waals surface area contributed by atoms with Gasteiger partial charge in [0.15, 0.2) is 0 Å². The second kappa shape index (κ2) is 7.24. The monoisotopic (exact) mass is 274 g/mol. The zero-order valence-corrected chi connectivity index (χ0v) is 12.8. The molecule has 18 heavy (non-hydrogen) atoms. The third-order valence-corrected chi connectivity index (χ3v) is 3.87. The van der Waals surface area contributed by atoms with Crippen molar-refractivity contribution in [1.29, 1.82) is 0 Å². The lowest BCUT2D eigenvalue weighted by atomic mass is 10.2. The standard InChI is InChI=1S/C13H26N2O2S/c1-5-7-15(12(16)17-13(2,3)4)8-6-14-11-9-18-10-11/h11,14H,5-10H2,1-4H3. The van der Waals surface area contributed by atoms with Crippen molar-refractivity contribution >= 4 is 17.9 Å². The first-order valence-corrected chi connectivity index (χ1v) is 7.87. The summed E-state index contributed by atoms with van der Waals surface area (Å²) in [6, 6.07) is 0.636. The van der Waals surface area contributed by atoms with Crippen LogP contribution in [0.25, 0.3) is 0 Å². The Morgan fingerprint density at radius 3 is 2.50 bits per heavy atom. The maximum atomic E-state index is 12.0. The molecule has 0 saturated carbocycles. The Balaban J connectivity index is 2.30. The highest BCUT2D eigenvalue weighted by molar-refractivity contribution is 8.00. The minimum absolute atomic E-state index is 0.200. The van der Waals surface area contributed by atoms with Crippen LogP contribution in [0.1, 0.15) is 34.1 Å². The van der Waals surface area contributed by atoms with Crippen molar-refractivity contribution in [3.05, 3.63) is 0 Å². The topological polar surface area (TPSA) is 41.6 Å². The number of nitrogens with zero attached hydrogens (tertiary/aromatic N) is 1. The third-order valence-electron chi connectivity index (χ3n) is 2.60. The van der Waals surface area contributed by atoms with Crippen LogP contribution in [0.5, 0.6) is 0 Å². The zero-order valence-electron chi connectivity index (χ0n) is 12.0. The Bertz CT molecular complexity index is 262. The van der Waals surface area contributed by atoms with E-state index in [9.17, 15) is 4.79 Å². The molecule has 0 spiro atoms. The van der Waals surface area contributed by atoms with Crippen LogP contribution in [-0.2, 0) is 4.74 Å². The molecule has 1 amide bonds. The van der Waals surface area contributed by atoms with Crippen molar-refractivity contribution in [3.8, 4) is 0 Å². The van der Waals surface area contributed by atoms with E-state index >= 15 is 0 Å². The lowest BCUT2D eigenvalue weighted by Crippen LogP contribution is -2.46. The molecule has 1 N–H and O–H groups in total. The van der Waals surface area contributed by atoms with Crippen LogP contribution < -0.4 is 5.32 Å². The Hall–Kier alpha value is -0.420. The summed E-state index contributed by atoms with van der Waals surface area (Å²) in [6.07, 6.45) is 0.757. The molecule has 1 saturated heterocycles. The molecule has 0 aliphatic carbocycles. The zero-order chi connectivity index (χ0) is 13.6. The second-order valence-electron chi connectivity index (χ2n) is 5.66. The molecule has 4 nitrogen and oxygen atoms in total. The maximum absolute atomic E-state index is 12.0. The van der Waals surface area contributed by atoms with Crippen LogP contribution in [0.4, 0.5) is 4.79 Å². The van der Waals surface area contributed by atoms with Gasteiger partial charge in [-0.1, -0.05) is 6.92 Å². The molecule has 0 aromatic carbocycles. The second-order valence-corrected chi connectivity index (χ2v) is 6.73. The van der Waals surface area contributed by atoms with E-state index in [0.717, 1.165) is 26.1 Å². The first kappa shape index (κ1) is 15.6. The fourth-order valence-electron chi connectivity index (χ4n) is 1.65. The molecular weight excluding hydrogens is 248 g/mol. The molecule has 1 aliphatic rings. The molecule has 0 atom stereocenters. The highest BCUT2D eigenvalue weighted by Gasteiger charge is 2.22. The molecule has 0 aromatic rings. The van der Waals surface area contributed by atoms with Gasteiger partial charge in [-0.2, -0.15) is 11.8 Å². The molecule has 0 aromatic heterocycles. The van der Waals surface area contributed by atoms with Crippen molar-refractivity contribution in [1.82, 2.24) is 10.2 Å². The summed E-state index contributed by atoms with van der Waals surface area (Å²) in [5, 5.41) is 3.46. The quantitative estimate of drug-likeness (QED) is 0.807. The van der Waals surface area contributed by atoms with Crippen LogP contribution >= 0.6 is 11.8 Å². The average Bonchev–Trinajstić information content (AvgIpc) is 2.17. The number of hydrogen-bond acceptors (Lipinski definition) is 4. The third kappa shape index (κ3) is 5.96. The van der Waals surface area contributed by atoms with Crippen molar-refractivity contribution in [3.63, 3.8) is 0 Å². The van der Waals surface area contributed by atoms with Gasteiger partial charge in [-0.15, -0.1) is 0 Å². The Kier molecular flexibility index (Phi) is 6.29. The van der Waals surface area contributed by atoms with Gasteiger partial charge in [0.1, 0.15) is 5.60 Å². The van der Waals surface area contributed by atoms with Gasteiger partial charge < -0.3 is 15.0 Å². The van der Waals surface area contributed by atoms with Gasteiger partial charge in [-0.05, 0) is 27.2 Å². The lowest BCUT2D eigenvalue weighted by molar-refractivity contribution is 0.0251. The molecule has 5 heteroatoms. The highest BCUT2D eigenvalue weighted by atomic mass is 32.2. The summed E-state index contributed by atoms with van der Waals surface area (Å²) in [4.78, 5) is 13.8. The number of ether oxygens (including phenoxy) is 1. The van der Waals surface area contributed by atoms with Crippen molar-refractivity contribution in [2.45, 2.75) is 45.8 Å². The largest absolute Gasteiger partial charge is 0.444 e. The number of thioether (sulfide) groups is 1. The Labute approximate surface area is 115 Å². The molecule has 0 bridgehead atoms. The van der Waals surface area contributed by atoms with E-state index in [4.69, 9.17) is 4.74 Å². The van der Waals surface area contributed by atoms with Gasteiger partial charge in [0, 0.05) is 37.2 Å². The van der Waals surface area contributed by atoms with E-state index in [-0.39, 0.29) is 6.09 Å². The fraction of sp³-hybridized carbons (Fsp3) is 0.923. The molecule has 1 heterocycles. The van der Waals surface area contributed by atoms with Crippen LogP contribution in [0.2, 0.25) is 0 Å². The summed E-state index contributed by atoms with van der Waals surface area (Å²) in [6.45, 7) is 10.1. The molecular formula is C13H26N2O2S. The van der Waals surface area contributed by atoms with Crippen LogP contribution in [-0.4, -0.2) is 53.8 Å². The number of amides is 1. The van der Waals surface area contributed by atoms with Gasteiger partial charge in [0.2, 0.25) is 0 Å². The normalized spacial score (nSPS) is 16.2. The van der Waals surface area contributed by atoms with Crippen molar-refractivity contribution in [2.24, 2.45) is 0 Å². The summed E-state index contributed by atoms with van der Waals surface area (Å²) in [5.41, 5.74) is -0.416. The summed E-state index contributed by atoms with van der Waals surface area (Å²) >= 11 is 1.96. The fourth-order valence-corrected chi connectivity index (χ4v) is 2.36. The summed E-state index contributed by atoms with van der Waals surface area (Å²) < 4.78 is 5.41. The lowest BCUT2D eigenvalue weighted by Gasteiger charge is -2.30. The smallest absolute Gasteiger partial charge is 0.410 e. The molecule has 0 unspecified atom stereocenters. The average molecular weight is 274 g/mol. The number of rotatable bonds is 6.